The molecule has 0 atom stereocenters. The van der Waals surface area contributed by atoms with Gasteiger partial charge in [-0.3, -0.25) is 0 Å². The van der Waals surface area contributed by atoms with Crippen LogP contribution in [-0.2, 0) is 0 Å². The Morgan fingerprint density at radius 1 is 0.944 bits per heavy atom. The zero-order valence-electron chi connectivity index (χ0n) is 9.30. The van der Waals surface area contributed by atoms with Gasteiger partial charge in [0.1, 0.15) is 0 Å². The fourth-order valence-electron chi connectivity index (χ4n) is 1.61. The van der Waals surface area contributed by atoms with E-state index in [1.54, 1.807) is 58.4 Å². The normalized spacial score (nSPS) is 10.2. The van der Waals surface area contributed by atoms with Gasteiger partial charge in [-0.1, -0.05) is 0 Å². The second kappa shape index (κ2) is 4.14. The Kier molecular flexibility index (Phi) is 2.35. The van der Waals surface area contributed by atoms with Gasteiger partial charge in [-0.15, -0.1) is 0 Å². The van der Waals surface area contributed by atoms with Crippen molar-refractivity contribution in [2.24, 2.45) is 0 Å². The lowest BCUT2D eigenvalue weighted by Crippen LogP contribution is -2.04. The van der Waals surface area contributed by atoms with Gasteiger partial charge in [0, 0.05) is 36.9 Å². The maximum absolute atomic E-state index is 9.04. The third-order valence-corrected chi connectivity index (χ3v) is 2.41. The van der Waals surface area contributed by atoms with E-state index in [0.717, 1.165) is 0 Å². The molecule has 0 aliphatic rings. The molecule has 3 aromatic heterocycles. The molecule has 0 unspecified atom stereocenters. The highest BCUT2D eigenvalue weighted by Gasteiger charge is 2.06. The van der Waals surface area contributed by atoms with Crippen LogP contribution < -0.4 is 0 Å². The third kappa shape index (κ3) is 1.74. The number of nitrogens with zero attached hydrogens (tertiary/aromatic N) is 6. The Balaban J connectivity index is 2.17. The van der Waals surface area contributed by atoms with E-state index in [0.29, 0.717) is 17.2 Å². The lowest BCUT2D eigenvalue weighted by Gasteiger charge is -2.05. The first kappa shape index (κ1) is 10.2. The topological polar surface area (TPSA) is 72.3 Å². The van der Waals surface area contributed by atoms with E-state index in [2.05, 4.69) is 21.3 Å². The van der Waals surface area contributed by atoms with Crippen LogP contribution in [0.25, 0.3) is 11.6 Å². The van der Waals surface area contributed by atoms with Gasteiger partial charge in [0.15, 0.2) is 11.6 Å². The van der Waals surface area contributed by atoms with Crippen LogP contribution in [0.3, 0.4) is 0 Å². The zero-order chi connectivity index (χ0) is 12.4. The summed E-state index contributed by atoms with van der Waals surface area (Å²) in [7, 11) is 0. The maximum Gasteiger partial charge on any atom is 0.157 e. The molecule has 18 heavy (non-hydrogen) atoms. The minimum absolute atomic E-state index is 0.515. The number of rotatable bonds is 2. The smallest absolute Gasteiger partial charge is 0.157 e. The summed E-state index contributed by atoms with van der Waals surface area (Å²) >= 11 is 0. The van der Waals surface area contributed by atoms with Gasteiger partial charge in [0.05, 0.1) is 11.6 Å². The average molecular weight is 236 g/mol. The van der Waals surface area contributed by atoms with E-state index < -0.39 is 0 Å². The summed E-state index contributed by atoms with van der Waals surface area (Å²) in [4.78, 5) is 4.42. The standard InChI is InChI=1S/C12H8N6/c13-9-10-7-11(17-5-1-3-14-17)16-12(8-10)18-6-2-4-15-18/h1-8H. The number of hydrogen-bond acceptors (Lipinski definition) is 4. The van der Waals surface area contributed by atoms with Gasteiger partial charge in [-0.05, 0) is 12.1 Å². The molecular weight excluding hydrogens is 228 g/mol. The van der Waals surface area contributed by atoms with Crippen molar-refractivity contribution in [2.45, 2.75) is 0 Å². The van der Waals surface area contributed by atoms with Gasteiger partial charge in [0.25, 0.3) is 0 Å². The summed E-state index contributed by atoms with van der Waals surface area (Å²) in [6, 6.07) is 9.07. The molecule has 0 fully saturated rings. The van der Waals surface area contributed by atoms with Gasteiger partial charge in [-0.2, -0.15) is 15.5 Å². The molecule has 0 radical (unpaired) electrons. The molecule has 0 amide bonds. The molecule has 86 valence electrons. The van der Waals surface area contributed by atoms with Crippen LogP contribution >= 0.6 is 0 Å². The quantitative estimate of drug-likeness (QED) is 0.672. The van der Waals surface area contributed by atoms with E-state index in [9.17, 15) is 0 Å². The zero-order valence-corrected chi connectivity index (χ0v) is 9.30. The van der Waals surface area contributed by atoms with Crippen molar-refractivity contribution in [3.63, 3.8) is 0 Å². The van der Waals surface area contributed by atoms with Crippen LogP contribution in [0, 0.1) is 11.3 Å². The second-order valence-corrected chi connectivity index (χ2v) is 3.59. The van der Waals surface area contributed by atoms with Gasteiger partial charge < -0.3 is 0 Å². The Morgan fingerprint density at radius 2 is 1.50 bits per heavy atom. The maximum atomic E-state index is 9.04. The highest BCUT2D eigenvalue weighted by molar-refractivity contribution is 5.42. The molecule has 3 rings (SSSR count). The molecule has 0 N–H and O–H groups in total. The van der Waals surface area contributed by atoms with Gasteiger partial charge in [-0.25, -0.2) is 14.3 Å². The molecule has 0 spiro atoms. The summed E-state index contributed by atoms with van der Waals surface area (Å²) in [6.45, 7) is 0. The van der Waals surface area contributed by atoms with Gasteiger partial charge in [0.2, 0.25) is 0 Å². The number of hydrogen-bond donors (Lipinski definition) is 0. The molecule has 0 aliphatic carbocycles. The molecular formula is C12H8N6. The first-order valence-electron chi connectivity index (χ1n) is 5.29. The molecule has 0 bridgehead atoms. The SMILES string of the molecule is N#Cc1cc(-n2cccn2)nc(-n2cccn2)c1. The Bertz CT molecular complexity index is 638. The van der Waals surface area contributed by atoms with Crippen LogP contribution in [0.15, 0.2) is 49.1 Å². The molecule has 3 heterocycles. The molecule has 0 saturated heterocycles. The highest BCUT2D eigenvalue weighted by atomic mass is 15.3. The van der Waals surface area contributed by atoms with Crippen molar-refractivity contribution >= 4 is 0 Å². The van der Waals surface area contributed by atoms with Crippen LogP contribution in [0.5, 0.6) is 0 Å². The van der Waals surface area contributed by atoms with Crippen molar-refractivity contribution < 1.29 is 0 Å². The Hall–Kier alpha value is -2.94. The summed E-state index contributed by atoms with van der Waals surface area (Å²) in [5.41, 5.74) is 0.515. The predicted molar refractivity (Wildman–Crippen MR) is 63.2 cm³/mol. The largest absolute Gasteiger partial charge is 0.223 e. The summed E-state index contributed by atoms with van der Waals surface area (Å²) in [5, 5.41) is 17.2. The minimum atomic E-state index is 0.515. The predicted octanol–water partition coefficient (Wildman–Crippen LogP) is 1.32. The number of nitriles is 1. The van der Waals surface area contributed by atoms with Crippen molar-refractivity contribution in [1.82, 2.24) is 24.5 Å². The third-order valence-electron chi connectivity index (χ3n) is 2.41. The average Bonchev–Trinajstić information content (AvgIpc) is 3.10. The first-order chi connectivity index (χ1) is 8.86. The molecule has 6 nitrogen and oxygen atoms in total. The van der Waals surface area contributed by atoms with E-state index in [4.69, 9.17) is 5.26 Å². The lowest BCUT2D eigenvalue weighted by molar-refractivity contribution is 0.802. The summed E-state index contributed by atoms with van der Waals surface area (Å²) in [5.74, 6) is 1.18. The molecule has 6 heteroatoms. The molecule has 0 aromatic carbocycles. The molecule has 0 saturated carbocycles. The van der Waals surface area contributed by atoms with E-state index in [1.807, 2.05) is 0 Å². The minimum Gasteiger partial charge on any atom is -0.223 e. The van der Waals surface area contributed by atoms with Gasteiger partial charge >= 0.3 is 0 Å². The second-order valence-electron chi connectivity index (χ2n) is 3.59. The highest BCUT2D eigenvalue weighted by Crippen LogP contribution is 2.11. The van der Waals surface area contributed by atoms with Crippen LogP contribution in [0.1, 0.15) is 5.56 Å². The van der Waals surface area contributed by atoms with Crippen LogP contribution in [0.4, 0.5) is 0 Å². The Morgan fingerprint density at radius 3 is 1.89 bits per heavy atom. The Labute approximate surface area is 103 Å². The fraction of sp³-hybridized carbons (Fsp3) is 0. The van der Waals surface area contributed by atoms with Crippen LogP contribution in [-0.4, -0.2) is 24.5 Å². The summed E-state index contributed by atoms with van der Waals surface area (Å²) < 4.78 is 3.21. The van der Waals surface area contributed by atoms with Crippen molar-refractivity contribution in [3.05, 3.63) is 54.6 Å². The molecule has 3 aromatic rings. The van der Waals surface area contributed by atoms with E-state index >= 15 is 0 Å². The van der Waals surface area contributed by atoms with Crippen molar-refractivity contribution in [2.75, 3.05) is 0 Å². The van der Waals surface area contributed by atoms with Crippen molar-refractivity contribution in [1.29, 1.82) is 5.26 Å². The van der Waals surface area contributed by atoms with Crippen molar-refractivity contribution in [3.8, 4) is 17.7 Å². The fourth-order valence-corrected chi connectivity index (χ4v) is 1.61. The number of pyridine rings is 1. The monoisotopic (exact) mass is 236 g/mol. The van der Waals surface area contributed by atoms with E-state index in [-0.39, 0.29) is 0 Å². The first-order valence-corrected chi connectivity index (χ1v) is 5.29. The number of aromatic nitrogens is 5. The van der Waals surface area contributed by atoms with E-state index in [1.165, 1.54) is 0 Å². The lowest BCUT2D eigenvalue weighted by atomic mass is 10.3. The van der Waals surface area contributed by atoms with Crippen LogP contribution in [0.2, 0.25) is 0 Å². The molecule has 0 aliphatic heterocycles. The summed E-state index contributed by atoms with van der Waals surface area (Å²) in [6.07, 6.45) is 6.87.